The van der Waals surface area contributed by atoms with Crippen LogP contribution in [0.3, 0.4) is 0 Å². The van der Waals surface area contributed by atoms with Crippen LogP contribution in [0.1, 0.15) is 0 Å². The lowest BCUT2D eigenvalue weighted by Crippen LogP contribution is -2.44. The van der Waals surface area contributed by atoms with Gasteiger partial charge in [-0.15, -0.1) is 0 Å². The van der Waals surface area contributed by atoms with Crippen LogP contribution in [0.2, 0.25) is 0 Å². The molecule has 0 N–H and O–H groups in total. The van der Waals surface area contributed by atoms with E-state index in [9.17, 15) is 26.3 Å². The standard InChI is InChI=1S/C7H10F6O2/c1-14-2-3-15-4-6(9,10)5(8)7(11,12)13/h5H,2-4H2,1H3. The minimum absolute atomic E-state index is 0.0565. The maximum absolute atomic E-state index is 12.5. The second-order valence-electron chi connectivity index (χ2n) is 2.71. The third kappa shape index (κ3) is 5.22. The highest BCUT2D eigenvalue weighted by Crippen LogP contribution is 2.34. The van der Waals surface area contributed by atoms with Crippen molar-refractivity contribution in [2.45, 2.75) is 18.3 Å². The lowest BCUT2D eigenvalue weighted by molar-refractivity contribution is -0.255. The second-order valence-corrected chi connectivity index (χ2v) is 2.71. The fourth-order valence-corrected chi connectivity index (χ4v) is 0.663. The van der Waals surface area contributed by atoms with Crippen LogP contribution >= 0.6 is 0 Å². The maximum Gasteiger partial charge on any atom is 0.425 e. The molecule has 92 valence electrons. The van der Waals surface area contributed by atoms with Crippen LogP contribution in [0, 0.1) is 0 Å². The minimum Gasteiger partial charge on any atom is -0.382 e. The van der Waals surface area contributed by atoms with Gasteiger partial charge in [-0.25, -0.2) is 13.2 Å². The van der Waals surface area contributed by atoms with Gasteiger partial charge in [0.05, 0.1) is 13.2 Å². The summed E-state index contributed by atoms with van der Waals surface area (Å²) in [6.45, 7) is -2.01. The Labute approximate surface area is 82.1 Å². The van der Waals surface area contributed by atoms with E-state index in [-0.39, 0.29) is 13.2 Å². The minimum atomic E-state index is -5.59. The summed E-state index contributed by atoms with van der Waals surface area (Å²) in [5.41, 5.74) is 0. The quantitative estimate of drug-likeness (QED) is 0.523. The Kier molecular flexibility index (Phi) is 5.36. The normalized spacial score (nSPS) is 15.4. The van der Waals surface area contributed by atoms with Crippen LogP contribution in [0.15, 0.2) is 0 Å². The fraction of sp³-hybridized carbons (Fsp3) is 1.00. The number of alkyl halides is 6. The first-order valence-electron chi connectivity index (χ1n) is 3.87. The van der Waals surface area contributed by atoms with Crippen molar-refractivity contribution in [2.75, 3.05) is 26.9 Å². The molecule has 0 radical (unpaired) electrons. The molecular formula is C7H10F6O2. The van der Waals surface area contributed by atoms with Crippen LogP contribution in [-0.2, 0) is 9.47 Å². The summed E-state index contributed by atoms with van der Waals surface area (Å²) in [5, 5.41) is 0. The number of rotatable bonds is 6. The summed E-state index contributed by atoms with van der Waals surface area (Å²) in [4.78, 5) is 0. The summed E-state index contributed by atoms with van der Waals surface area (Å²) in [5.74, 6) is -4.58. The molecule has 8 heteroatoms. The Hall–Kier alpha value is -0.500. The average molecular weight is 240 g/mol. The molecule has 0 spiro atoms. The fourth-order valence-electron chi connectivity index (χ4n) is 0.663. The topological polar surface area (TPSA) is 18.5 Å². The smallest absolute Gasteiger partial charge is 0.382 e. The van der Waals surface area contributed by atoms with E-state index in [1.807, 2.05) is 0 Å². The van der Waals surface area contributed by atoms with Gasteiger partial charge in [0.2, 0.25) is 0 Å². The number of hydrogen-bond donors (Lipinski definition) is 0. The largest absolute Gasteiger partial charge is 0.425 e. The molecule has 1 atom stereocenters. The van der Waals surface area contributed by atoms with Crippen molar-refractivity contribution in [2.24, 2.45) is 0 Å². The van der Waals surface area contributed by atoms with E-state index in [1.165, 1.54) is 7.11 Å². The Morgan fingerprint density at radius 3 is 2.00 bits per heavy atom. The predicted octanol–water partition coefficient (Wildman–Crippen LogP) is 2.19. The molecule has 15 heavy (non-hydrogen) atoms. The molecule has 2 nitrogen and oxygen atoms in total. The summed E-state index contributed by atoms with van der Waals surface area (Å²) < 4.78 is 80.5. The monoisotopic (exact) mass is 240 g/mol. The van der Waals surface area contributed by atoms with E-state index in [2.05, 4.69) is 9.47 Å². The van der Waals surface area contributed by atoms with Gasteiger partial charge in [-0.1, -0.05) is 0 Å². The first kappa shape index (κ1) is 14.5. The summed E-state index contributed by atoms with van der Waals surface area (Å²) in [6, 6.07) is 0. The van der Waals surface area contributed by atoms with Gasteiger partial charge in [0.15, 0.2) is 0 Å². The van der Waals surface area contributed by atoms with Crippen molar-refractivity contribution in [1.29, 1.82) is 0 Å². The molecule has 0 saturated carbocycles. The summed E-state index contributed by atoms with van der Waals surface area (Å²) in [7, 11) is 1.26. The molecule has 0 aromatic carbocycles. The van der Waals surface area contributed by atoms with Crippen molar-refractivity contribution in [1.82, 2.24) is 0 Å². The zero-order valence-electron chi connectivity index (χ0n) is 7.78. The van der Waals surface area contributed by atoms with Gasteiger partial charge in [-0.3, -0.25) is 0 Å². The van der Waals surface area contributed by atoms with E-state index in [0.29, 0.717) is 0 Å². The Balaban J connectivity index is 4.05. The highest BCUT2D eigenvalue weighted by atomic mass is 19.4. The molecule has 0 fully saturated rings. The molecule has 0 aliphatic carbocycles. The maximum atomic E-state index is 12.5. The SMILES string of the molecule is COCCOCC(F)(F)C(F)C(F)(F)F. The Morgan fingerprint density at radius 1 is 1.07 bits per heavy atom. The van der Waals surface area contributed by atoms with Gasteiger partial charge < -0.3 is 9.47 Å². The molecular weight excluding hydrogens is 230 g/mol. The van der Waals surface area contributed by atoms with Crippen LogP contribution in [-0.4, -0.2) is 45.2 Å². The number of methoxy groups -OCH3 is 1. The van der Waals surface area contributed by atoms with Crippen LogP contribution in [0.5, 0.6) is 0 Å². The number of ether oxygens (including phenoxy) is 2. The molecule has 0 aliphatic rings. The van der Waals surface area contributed by atoms with Crippen LogP contribution < -0.4 is 0 Å². The Bertz CT molecular complexity index is 181. The van der Waals surface area contributed by atoms with Crippen molar-refractivity contribution in [3.63, 3.8) is 0 Å². The van der Waals surface area contributed by atoms with Crippen molar-refractivity contribution in [3.8, 4) is 0 Å². The highest BCUT2D eigenvalue weighted by molar-refractivity contribution is 4.82. The molecule has 0 aliphatic heterocycles. The highest BCUT2D eigenvalue weighted by Gasteiger charge is 2.56. The molecule has 0 heterocycles. The molecule has 0 aromatic heterocycles. The van der Waals surface area contributed by atoms with E-state index in [0.717, 1.165) is 0 Å². The van der Waals surface area contributed by atoms with Gasteiger partial charge in [0, 0.05) is 7.11 Å². The van der Waals surface area contributed by atoms with Crippen LogP contribution in [0.4, 0.5) is 26.3 Å². The summed E-state index contributed by atoms with van der Waals surface area (Å²) in [6.07, 6.45) is -9.80. The Morgan fingerprint density at radius 2 is 1.60 bits per heavy atom. The zero-order chi connectivity index (χ0) is 12.1. The molecule has 0 saturated heterocycles. The van der Waals surface area contributed by atoms with Gasteiger partial charge in [0.25, 0.3) is 6.17 Å². The third-order valence-electron chi connectivity index (χ3n) is 1.38. The first-order valence-corrected chi connectivity index (χ1v) is 3.87. The number of hydrogen-bond acceptors (Lipinski definition) is 2. The van der Waals surface area contributed by atoms with Crippen LogP contribution in [0.25, 0.3) is 0 Å². The van der Waals surface area contributed by atoms with Crippen molar-refractivity contribution >= 4 is 0 Å². The molecule has 1 unspecified atom stereocenters. The second kappa shape index (κ2) is 5.55. The molecule has 0 aromatic rings. The van der Waals surface area contributed by atoms with E-state index >= 15 is 0 Å². The van der Waals surface area contributed by atoms with E-state index in [1.54, 1.807) is 0 Å². The van der Waals surface area contributed by atoms with Crippen molar-refractivity contribution < 1.29 is 35.8 Å². The number of halogens is 6. The molecule has 0 rings (SSSR count). The van der Waals surface area contributed by atoms with Gasteiger partial charge >= 0.3 is 12.1 Å². The van der Waals surface area contributed by atoms with Crippen molar-refractivity contribution in [3.05, 3.63) is 0 Å². The lowest BCUT2D eigenvalue weighted by Gasteiger charge is -2.22. The zero-order valence-corrected chi connectivity index (χ0v) is 7.78. The average Bonchev–Trinajstić information content (AvgIpc) is 2.10. The predicted molar refractivity (Wildman–Crippen MR) is 38.6 cm³/mol. The molecule has 0 bridgehead atoms. The van der Waals surface area contributed by atoms with Gasteiger partial charge in [-0.2, -0.15) is 13.2 Å². The van der Waals surface area contributed by atoms with Gasteiger partial charge in [0.1, 0.15) is 6.61 Å². The first-order chi connectivity index (χ1) is 6.72. The van der Waals surface area contributed by atoms with E-state index in [4.69, 9.17) is 0 Å². The van der Waals surface area contributed by atoms with E-state index < -0.39 is 24.9 Å². The van der Waals surface area contributed by atoms with Gasteiger partial charge in [-0.05, 0) is 0 Å². The summed E-state index contributed by atoms with van der Waals surface area (Å²) >= 11 is 0. The lowest BCUT2D eigenvalue weighted by atomic mass is 10.2. The third-order valence-corrected chi connectivity index (χ3v) is 1.38. The molecule has 0 amide bonds.